The molecular weight excluding hydrogens is 354 g/mol. The Kier molecular flexibility index (Phi) is 5.03. The first-order chi connectivity index (χ1) is 12.3. The van der Waals surface area contributed by atoms with Gasteiger partial charge in [-0.3, -0.25) is 9.52 Å². The zero-order chi connectivity index (χ0) is 18.7. The maximum atomic E-state index is 12.7. The normalized spacial score (nSPS) is 15.0. The lowest BCUT2D eigenvalue weighted by Crippen LogP contribution is -2.48. The van der Waals surface area contributed by atoms with Crippen molar-refractivity contribution in [1.82, 2.24) is 4.90 Å². The molecule has 138 valence electrons. The average Bonchev–Trinajstić information content (AvgIpc) is 2.60. The summed E-state index contributed by atoms with van der Waals surface area (Å²) >= 11 is 0. The number of aromatic hydroxyl groups is 1. The number of benzene rings is 2. The summed E-state index contributed by atoms with van der Waals surface area (Å²) in [6.07, 6.45) is 1.07. The highest BCUT2D eigenvalue weighted by atomic mass is 32.2. The van der Waals surface area contributed by atoms with Gasteiger partial charge in [0.15, 0.2) is 0 Å². The molecule has 0 radical (unpaired) electrons. The molecule has 0 atom stereocenters. The Hall–Kier alpha value is -2.74. The highest BCUT2D eigenvalue weighted by Crippen LogP contribution is 2.27. The Labute approximate surface area is 152 Å². The predicted molar refractivity (Wildman–Crippen MR) is 101 cm³/mol. The van der Waals surface area contributed by atoms with Crippen molar-refractivity contribution in [3.63, 3.8) is 0 Å². The van der Waals surface area contributed by atoms with Gasteiger partial charge in [0.2, 0.25) is 10.0 Å². The molecule has 0 saturated carbocycles. The zero-order valence-electron chi connectivity index (χ0n) is 14.4. The molecule has 8 heteroatoms. The molecule has 1 heterocycles. The number of nitrogens with one attached hydrogen (secondary N) is 1. The smallest absolute Gasteiger partial charge is 0.254 e. The molecule has 1 amide bonds. The first-order valence-electron chi connectivity index (χ1n) is 8.23. The van der Waals surface area contributed by atoms with E-state index in [-0.39, 0.29) is 11.7 Å². The Balaban J connectivity index is 1.67. The number of nitrogens with zero attached hydrogens (tertiary/aromatic N) is 2. The first kappa shape index (κ1) is 18.1. The minimum atomic E-state index is -3.39. The van der Waals surface area contributed by atoms with Crippen molar-refractivity contribution in [2.24, 2.45) is 0 Å². The Bertz CT molecular complexity index is 906. The number of phenolic OH excluding ortho intramolecular Hbond substituents is 1. The molecule has 0 spiro atoms. The van der Waals surface area contributed by atoms with E-state index in [0.29, 0.717) is 37.4 Å². The van der Waals surface area contributed by atoms with E-state index in [2.05, 4.69) is 4.72 Å². The molecular formula is C18H21N3O4S. The van der Waals surface area contributed by atoms with E-state index in [4.69, 9.17) is 0 Å². The molecule has 1 fully saturated rings. The van der Waals surface area contributed by atoms with Crippen LogP contribution in [0.1, 0.15) is 10.4 Å². The maximum Gasteiger partial charge on any atom is 0.254 e. The van der Waals surface area contributed by atoms with E-state index in [0.717, 1.165) is 11.9 Å². The fourth-order valence-corrected chi connectivity index (χ4v) is 3.55. The molecule has 26 heavy (non-hydrogen) atoms. The summed E-state index contributed by atoms with van der Waals surface area (Å²) in [7, 11) is -3.39. The molecule has 0 unspecified atom stereocenters. The number of rotatable bonds is 4. The molecule has 1 aliphatic rings. The number of piperazine rings is 1. The summed E-state index contributed by atoms with van der Waals surface area (Å²) in [5, 5.41) is 9.96. The topological polar surface area (TPSA) is 90.0 Å². The Morgan fingerprint density at radius 1 is 1.04 bits per heavy atom. The van der Waals surface area contributed by atoms with Crippen LogP contribution in [0.4, 0.5) is 11.4 Å². The van der Waals surface area contributed by atoms with Crippen molar-refractivity contribution in [2.75, 3.05) is 42.1 Å². The number of anilines is 2. The molecule has 7 nitrogen and oxygen atoms in total. The summed E-state index contributed by atoms with van der Waals surface area (Å²) < 4.78 is 25.1. The third-order valence-electron chi connectivity index (χ3n) is 4.20. The van der Waals surface area contributed by atoms with E-state index in [1.165, 1.54) is 0 Å². The van der Waals surface area contributed by atoms with E-state index < -0.39 is 10.0 Å². The lowest BCUT2D eigenvalue weighted by molar-refractivity contribution is 0.0747. The number of sulfonamides is 1. The van der Waals surface area contributed by atoms with Crippen molar-refractivity contribution in [1.29, 1.82) is 0 Å². The van der Waals surface area contributed by atoms with Crippen LogP contribution in [0, 0.1) is 0 Å². The van der Waals surface area contributed by atoms with Gasteiger partial charge < -0.3 is 14.9 Å². The van der Waals surface area contributed by atoms with Gasteiger partial charge in [-0.15, -0.1) is 0 Å². The molecule has 1 aliphatic heterocycles. The highest BCUT2D eigenvalue weighted by molar-refractivity contribution is 7.92. The van der Waals surface area contributed by atoms with E-state index in [1.807, 2.05) is 17.0 Å². The second kappa shape index (κ2) is 7.25. The zero-order valence-corrected chi connectivity index (χ0v) is 15.2. The summed E-state index contributed by atoms with van der Waals surface area (Å²) in [4.78, 5) is 16.5. The minimum absolute atomic E-state index is 0.140. The van der Waals surface area contributed by atoms with Crippen LogP contribution in [0.25, 0.3) is 0 Å². The number of phenols is 1. The van der Waals surface area contributed by atoms with Gasteiger partial charge in [0.25, 0.3) is 5.91 Å². The number of hydrogen-bond donors (Lipinski definition) is 2. The van der Waals surface area contributed by atoms with E-state index in [9.17, 15) is 18.3 Å². The lowest BCUT2D eigenvalue weighted by Gasteiger charge is -2.36. The largest absolute Gasteiger partial charge is 0.506 e. The number of hydrogen-bond acceptors (Lipinski definition) is 5. The third-order valence-corrected chi connectivity index (χ3v) is 4.81. The Morgan fingerprint density at radius 2 is 1.73 bits per heavy atom. The molecule has 0 aromatic heterocycles. The van der Waals surface area contributed by atoms with Crippen molar-refractivity contribution < 1.29 is 18.3 Å². The SMILES string of the molecule is CS(=O)(=O)Nc1cccc(C(=O)N2CCN(c3ccccc3O)CC2)c1. The summed E-state index contributed by atoms with van der Waals surface area (Å²) in [6.45, 7) is 2.28. The number of para-hydroxylation sites is 2. The van der Waals surface area contributed by atoms with Gasteiger partial charge in [0.05, 0.1) is 11.9 Å². The number of carbonyl (C=O) groups is 1. The van der Waals surface area contributed by atoms with Crippen LogP contribution in [0.5, 0.6) is 5.75 Å². The van der Waals surface area contributed by atoms with E-state index in [1.54, 1.807) is 41.3 Å². The number of amides is 1. The van der Waals surface area contributed by atoms with Crippen molar-refractivity contribution in [3.8, 4) is 5.75 Å². The second-order valence-corrected chi connectivity index (χ2v) is 7.97. The fourth-order valence-electron chi connectivity index (χ4n) is 2.99. The summed E-state index contributed by atoms with van der Waals surface area (Å²) in [5.74, 6) is 0.0888. The minimum Gasteiger partial charge on any atom is -0.506 e. The maximum absolute atomic E-state index is 12.7. The lowest BCUT2D eigenvalue weighted by atomic mass is 10.1. The first-order valence-corrected chi connectivity index (χ1v) is 10.1. The molecule has 2 aromatic rings. The quantitative estimate of drug-likeness (QED) is 0.849. The average molecular weight is 375 g/mol. The van der Waals surface area contributed by atoms with E-state index >= 15 is 0 Å². The van der Waals surface area contributed by atoms with Gasteiger partial charge >= 0.3 is 0 Å². The van der Waals surface area contributed by atoms with Crippen LogP contribution in [0.3, 0.4) is 0 Å². The third kappa shape index (κ3) is 4.26. The monoisotopic (exact) mass is 375 g/mol. The van der Waals surface area contributed by atoms with Crippen molar-refractivity contribution >= 4 is 27.3 Å². The molecule has 3 rings (SSSR count). The molecule has 2 N–H and O–H groups in total. The van der Waals surface area contributed by atoms with Crippen molar-refractivity contribution in [3.05, 3.63) is 54.1 Å². The fraction of sp³-hybridized carbons (Fsp3) is 0.278. The van der Waals surface area contributed by atoms with Crippen LogP contribution in [-0.4, -0.2) is 56.8 Å². The van der Waals surface area contributed by atoms with Gasteiger partial charge in [-0.2, -0.15) is 0 Å². The van der Waals surface area contributed by atoms with Crippen LogP contribution < -0.4 is 9.62 Å². The van der Waals surface area contributed by atoms with Crippen LogP contribution in [0.15, 0.2) is 48.5 Å². The molecule has 2 aromatic carbocycles. The standard InChI is InChI=1S/C18H21N3O4S/c1-26(24,25)19-15-6-4-5-14(13-15)18(23)21-11-9-20(10-12-21)16-7-2-3-8-17(16)22/h2-8,13,19,22H,9-12H2,1H3. The van der Waals surface area contributed by atoms with Crippen LogP contribution >= 0.6 is 0 Å². The molecule has 1 saturated heterocycles. The van der Waals surface area contributed by atoms with Crippen molar-refractivity contribution in [2.45, 2.75) is 0 Å². The molecule has 0 aliphatic carbocycles. The summed E-state index contributed by atoms with van der Waals surface area (Å²) in [6, 6.07) is 13.6. The highest BCUT2D eigenvalue weighted by Gasteiger charge is 2.23. The van der Waals surface area contributed by atoms with Gasteiger partial charge in [-0.1, -0.05) is 18.2 Å². The van der Waals surface area contributed by atoms with Gasteiger partial charge in [0, 0.05) is 37.4 Å². The van der Waals surface area contributed by atoms with Gasteiger partial charge in [-0.05, 0) is 30.3 Å². The van der Waals surface area contributed by atoms with Crippen LogP contribution in [0.2, 0.25) is 0 Å². The van der Waals surface area contributed by atoms with Crippen LogP contribution in [-0.2, 0) is 10.0 Å². The van der Waals surface area contributed by atoms with Gasteiger partial charge in [-0.25, -0.2) is 8.42 Å². The van der Waals surface area contributed by atoms with Gasteiger partial charge in [0.1, 0.15) is 5.75 Å². The molecule has 0 bridgehead atoms. The predicted octanol–water partition coefficient (Wildman–Crippen LogP) is 1.73. The summed E-state index contributed by atoms with van der Waals surface area (Å²) in [5.41, 5.74) is 1.57. The second-order valence-electron chi connectivity index (χ2n) is 6.22. The Morgan fingerprint density at radius 3 is 2.38 bits per heavy atom. The number of carbonyl (C=O) groups excluding carboxylic acids is 1.